The lowest BCUT2D eigenvalue weighted by molar-refractivity contribution is 0.245. The summed E-state index contributed by atoms with van der Waals surface area (Å²) in [5, 5.41) is 2.39. The lowest BCUT2D eigenvalue weighted by Crippen LogP contribution is -2.41. The molecule has 0 aliphatic carbocycles. The molecule has 0 heterocycles. The van der Waals surface area contributed by atoms with Crippen LogP contribution in [-0.4, -0.2) is 10.9 Å². The summed E-state index contributed by atoms with van der Waals surface area (Å²) in [5.74, 6) is 0. The van der Waals surface area contributed by atoms with Gasteiger partial charge < -0.3 is 11.1 Å². The van der Waals surface area contributed by atoms with Crippen LogP contribution in [0.15, 0.2) is 0 Å². The van der Waals surface area contributed by atoms with Crippen molar-refractivity contribution < 1.29 is 4.79 Å². The highest BCUT2D eigenvalue weighted by molar-refractivity contribution is 7.81. The molecule has 0 spiro atoms. The minimum Gasteiger partial charge on any atom is -0.352 e. The van der Waals surface area contributed by atoms with Gasteiger partial charge in [-0.2, -0.15) is 12.6 Å². The number of rotatable bonds is 1. The standard InChI is InChI=1S/C4H10N2OS/c1-4(2,8)6-3(5)7/h8H,1-2H3,(H3,5,6,7). The number of hydrogen-bond donors (Lipinski definition) is 3. The third-order valence-electron chi connectivity index (χ3n) is 0.429. The maximum atomic E-state index is 10.1. The Balaban J connectivity index is 3.55. The van der Waals surface area contributed by atoms with E-state index in [9.17, 15) is 4.79 Å². The molecule has 3 N–H and O–H groups in total. The molecule has 0 aromatic carbocycles. The van der Waals surface area contributed by atoms with Crippen molar-refractivity contribution in [1.82, 2.24) is 5.32 Å². The van der Waals surface area contributed by atoms with E-state index in [2.05, 4.69) is 17.9 Å². The normalized spacial score (nSPS) is 10.9. The molecule has 0 aromatic heterocycles. The molecule has 0 saturated carbocycles. The molecule has 0 rings (SSSR count). The molecule has 0 atom stereocenters. The fraction of sp³-hybridized carbons (Fsp3) is 0.750. The van der Waals surface area contributed by atoms with Crippen molar-refractivity contribution in [3.63, 3.8) is 0 Å². The van der Waals surface area contributed by atoms with Gasteiger partial charge in [-0.3, -0.25) is 0 Å². The quantitative estimate of drug-likeness (QED) is 0.351. The highest BCUT2D eigenvalue weighted by Crippen LogP contribution is 2.04. The number of amides is 2. The van der Waals surface area contributed by atoms with Crippen LogP contribution in [0.3, 0.4) is 0 Å². The highest BCUT2D eigenvalue weighted by atomic mass is 32.1. The summed E-state index contributed by atoms with van der Waals surface area (Å²) < 4.78 is 0. The molecule has 3 nitrogen and oxygen atoms in total. The van der Waals surface area contributed by atoms with Gasteiger partial charge in [0.05, 0.1) is 4.87 Å². The molecule has 0 aromatic rings. The Bertz CT molecular complexity index is 96.7. The summed E-state index contributed by atoms with van der Waals surface area (Å²) in [7, 11) is 0. The zero-order valence-electron chi connectivity index (χ0n) is 4.93. The summed E-state index contributed by atoms with van der Waals surface area (Å²) in [6.45, 7) is 3.47. The Morgan fingerprint density at radius 1 is 1.75 bits per heavy atom. The number of primary amides is 1. The van der Waals surface area contributed by atoms with Gasteiger partial charge in [-0.05, 0) is 13.8 Å². The number of hydrogen-bond acceptors (Lipinski definition) is 2. The fourth-order valence-electron chi connectivity index (χ4n) is 0.301. The predicted octanol–water partition coefficient (Wildman–Crippen LogP) is 0.321. The monoisotopic (exact) mass is 134 g/mol. The summed E-state index contributed by atoms with van der Waals surface area (Å²) in [5.41, 5.74) is 4.78. The van der Waals surface area contributed by atoms with Crippen molar-refractivity contribution in [1.29, 1.82) is 0 Å². The lowest BCUT2D eigenvalue weighted by Gasteiger charge is -2.16. The Morgan fingerprint density at radius 3 is 2.12 bits per heavy atom. The van der Waals surface area contributed by atoms with Crippen LogP contribution in [0.5, 0.6) is 0 Å². The van der Waals surface area contributed by atoms with Crippen LogP contribution < -0.4 is 11.1 Å². The molecular weight excluding hydrogens is 124 g/mol. The first-order valence-corrected chi connectivity index (χ1v) is 2.66. The molecule has 0 unspecified atom stereocenters. The number of nitrogens with one attached hydrogen (secondary N) is 1. The molecule has 0 radical (unpaired) electrons. The molecule has 0 aliphatic heterocycles. The molecule has 0 bridgehead atoms. The van der Waals surface area contributed by atoms with Crippen molar-refractivity contribution in [3.8, 4) is 0 Å². The van der Waals surface area contributed by atoms with Gasteiger partial charge in [-0.1, -0.05) is 0 Å². The van der Waals surface area contributed by atoms with E-state index in [0.717, 1.165) is 0 Å². The van der Waals surface area contributed by atoms with Gasteiger partial charge >= 0.3 is 6.03 Å². The molecule has 8 heavy (non-hydrogen) atoms. The van der Waals surface area contributed by atoms with Gasteiger partial charge in [0.25, 0.3) is 0 Å². The Kier molecular flexibility index (Phi) is 2.15. The van der Waals surface area contributed by atoms with Crippen molar-refractivity contribution in [3.05, 3.63) is 0 Å². The molecule has 48 valence electrons. The van der Waals surface area contributed by atoms with E-state index in [-0.39, 0.29) is 0 Å². The molecule has 0 saturated heterocycles. The van der Waals surface area contributed by atoms with Crippen molar-refractivity contribution >= 4 is 18.7 Å². The second-order valence-corrected chi connectivity index (χ2v) is 3.17. The first kappa shape index (κ1) is 7.62. The van der Waals surface area contributed by atoms with Crippen molar-refractivity contribution in [2.75, 3.05) is 0 Å². The first-order valence-electron chi connectivity index (χ1n) is 2.22. The minimum absolute atomic E-state index is 0.508. The van der Waals surface area contributed by atoms with Crippen LogP contribution in [-0.2, 0) is 0 Å². The first-order chi connectivity index (χ1) is 3.42. The van der Waals surface area contributed by atoms with Gasteiger partial charge in [-0.15, -0.1) is 0 Å². The van der Waals surface area contributed by atoms with E-state index >= 15 is 0 Å². The van der Waals surface area contributed by atoms with Crippen LogP contribution in [0.2, 0.25) is 0 Å². The average molecular weight is 134 g/mol. The van der Waals surface area contributed by atoms with E-state index in [0.29, 0.717) is 0 Å². The number of urea groups is 1. The zero-order chi connectivity index (χ0) is 6.78. The van der Waals surface area contributed by atoms with E-state index in [1.54, 1.807) is 13.8 Å². The van der Waals surface area contributed by atoms with E-state index in [1.807, 2.05) is 0 Å². The topological polar surface area (TPSA) is 55.1 Å². The maximum Gasteiger partial charge on any atom is 0.313 e. The van der Waals surface area contributed by atoms with E-state index < -0.39 is 10.9 Å². The van der Waals surface area contributed by atoms with Crippen LogP contribution in [0.4, 0.5) is 4.79 Å². The fourth-order valence-corrected chi connectivity index (χ4v) is 0.412. The second-order valence-electron chi connectivity index (χ2n) is 2.05. The number of carbonyl (C=O) groups is 1. The number of carbonyl (C=O) groups excluding carboxylic acids is 1. The van der Waals surface area contributed by atoms with Gasteiger partial charge in [0, 0.05) is 0 Å². The highest BCUT2D eigenvalue weighted by Gasteiger charge is 2.10. The SMILES string of the molecule is CC(C)(S)NC(N)=O. The third kappa shape index (κ3) is 5.62. The minimum atomic E-state index is -0.551. The largest absolute Gasteiger partial charge is 0.352 e. The summed E-state index contributed by atoms with van der Waals surface area (Å²) in [4.78, 5) is 9.57. The predicted molar refractivity (Wildman–Crippen MR) is 35.8 cm³/mol. The molecular formula is C4H10N2OS. The Hall–Kier alpha value is -0.380. The maximum absolute atomic E-state index is 10.1. The third-order valence-corrected chi connectivity index (χ3v) is 0.541. The zero-order valence-corrected chi connectivity index (χ0v) is 5.83. The van der Waals surface area contributed by atoms with Crippen LogP contribution in [0.1, 0.15) is 13.8 Å². The van der Waals surface area contributed by atoms with Crippen LogP contribution >= 0.6 is 12.6 Å². The number of thiol groups is 1. The summed E-state index contributed by atoms with van der Waals surface area (Å²) in [6, 6.07) is -0.551. The van der Waals surface area contributed by atoms with Crippen molar-refractivity contribution in [2.45, 2.75) is 18.7 Å². The van der Waals surface area contributed by atoms with Gasteiger partial charge in [0.1, 0.15) is 0 Å². The van der Waals surface area contributed by atoms with Gasteiger partial charge in [0.15, 0.2) is 0 Å². The van der Waals surface area contributed by atoms with Crippen LogP contribution in [0, 0.1) is 0 Å². The second kappa shape index (κ2) is 2.26. The molecule has 4 heteroatoms. The molecule has 2 amide bonds. The van der Waals surface area contributed by atoms with E-state index in [1.165, 1.54) is 0 Å². The van der Waals surface area contributed by atoms with E-state index in [4.69, 9.17) is 5.73 Å². The lowest BCUT2D eigenvalue weighted by atomic mass is 10.4. The smallest absolute Gasteiger partial charge is 0.313 e. The van der Waals surface area contributed by atoms with Crippen molar-refractivity contribution in [2.24, 2.45) is 5.73 Å². The number of nitrogens with two attached hydrogens (primary N) is 1. The molecule has 0 fully saturated rings. The van der Waals surface area contributed by atoms with Gasteiger partial charge in [-0.25, -0.2) is 4.79 Å². The average Bonchev–Trinajstić information content (AvgIpc) is 1.21. The molecule has 0 aliphatic rings. The Labute approximate surface area is 54.0 Å². The summed E-state index contributed by atoms with van der Waals surface area (Å²) in [6.07, 6.45) is 0. The van der Waals surface area contributed by atoms with Gasteiger partial charge in [0.2, 0.25) is 0 Å². The Morgan fingerprint density at radius 2 is 2.12 bits per heavy atom. The summed E-state index contributed by atoms with van der Waals surface area (Å²) >= 11 is 3.98. The van der Waals surface area contributed by atoms with Crippen LogP contribution in [0.25, 0.3) is 0 Å².